The summed E-state index contributed by atoms with van der Waals surface area (Å²) in [4.78, 5) is 14.0. The number of methoxy groups -OCH3 is 1. The summed E-state index contributed by atoms with van der Waals surface area (Å²) in [6.45, 7) is 7.59. The molecule has 0 aromatic heterocycles. The van der Waals surface area contributed by atoms with Crippen LogP contribution in [0.2, 0.25) is 0 Å². The van der Waals surface area contributed by atoms with Gasteiger partial charge in [-0.2, -0.15) is 0 Å². The zero-order valence-corrected chi connectivity index (χ0v) is 11.3. The number of rotatable bonds is 7. The largest absolute Gasteiger partial charge is 0.468 e. The Bertz CT molecular complexity index is 244. The van der Waals surface area contributed by atoms with Gasteiger partial charge in [0.2, 0.25) is 0 Å². The average molecular weight is 246 g/mol. The lowest BCUT2D eigenvalue weighted by molar-refractivity contribution is -0.146. The van der Waals surface area contributed by atoms with E-state index < -0.39 is 0 Å². The summed E-state index contributed by atoms with van der Waals surface area (Å²) in [6.07, 6.45) is 0.628. The lowest BCUT2D eigenvalue weighted by Crippen LogP contribution is -2.43. The number of nitrogens with zero attached hydrogens (tertiary/aromatic N) is 1. The van der Waals surface area contributed by atoms with E-state index in [1.165, 1.54) is 7.11 Å². The van der Waals surface area contributed by atoms with Crippen LogP contribution in [0.25, 0.3) is 0 Å². The number of thiocarbonyl (C=S) groups is 1. The Morgan fingerprint density at radius 1 is 1.44 bits per heavy atom. The van der Waals surface area contributed by atoms with Gasteiger partial charge < -0.3 is 10.5 Å². The standard InChI is InChI=1S/C11H22N2O2S/c1-8(2)7-13(6-5-10(12)16)9(3)11(14)15-4/h8-9H,5-7H2,1-4H3,(H2,12,16). The van der Waals surface area contributed by atoms with Crippen LogP contribution < -0.4 is 5.73 Å². The number of carbonyl (C=O) groups is 1. The van der Waals surface area contributed by atoms with Crippen molar-refractivity contribution in [1.82, 2.24) is 4.90 Å². The minimum absolute atomic E-state index is 0.219. The highest BCUT2D eigenvalue weighted by Gasteiger charge is 2.22. The van der Waals surface area contributed by atoms with Crippen molar-refractivity contribution in [3.05, 3.63) is 0 Å². The molecule has 0 spiro atoms. The van der Waals surface area contributed by atoms with E-state index in [4.69, 9.17) is 22.7 Å². The molecule has 0 aliphatic heterocycles. The number of carbonyl (C=O) groups excluding carboxylic acids is 1. The van der Waals surface area contributed by atoms with Crippen LogP contribution in [0.1, 0.15) is 27.2 Å². The van der Waals surface area contributed by atoms with Gasteiger partial charge in [-0.1, -0.05) is 26.1 Å². The summed E-state index contributed by atoms with van der Waals surface area (Å²) >= 11 is 4.84. The molecule has 0 radical (unpaired) electrons. The van der Waals surface area contributed by atoms with Crippen molar-refractivity contribution in [1.29, 1.82) is 0 Å². The van der Waals surface area contributed by atoms with E-state index in [0.717, 1.165) is 6.54 Å². The molecule has 5 heteroatoms. The van der Waals surface area contributed by atoms with Crippen molar-refractivity contribution < 1.29 is 9.53 Å². The van der Waals surface area contributed by atoms with Gasteiger partial charge in [0.25, 0.3) is 0 Å². The first-order chi connectivity index (χ1) is 7.38. The molecule has 0 fully saturated rings. The van der Waals surface area contributed by atoms with E-state index in [9.17, 15) is 4.79 Å². The van der Waals surface area contributed by atoms with Crippen molar-refractivity contribution in [2.75, 3.05) is 20.2 Å². The molecule has 1 atom stereocenters. The second kappa shape index (κ2) is 7.57. The van der Waals surface area contributed by atoms with E-state index in [2.05, 4.69) is 18.7 Å². The third-order valence-corrected chi connectivity index (χ3v) is 2.54. The highest BCUT2D eigenvalue weighted by atomic mass is 32.1. The van der Waals surface area contributed by atoms with Crippen molar-refractivity contribution in [2.45, 2.75) is 33.2 Å². The van der Waals surface area contributed by atoms with Gasteiger partial charge in [0.05, 0.1) is 12.1 Å². The fraction of sp³-hybridized carbons (Fsp3) is 0.818. The number of esters is 1. The number of hydrogen-bond donors (Lipinski definition) is 1. The Kier molecular flexibility index (Phi) is 7.25. The zero-order chi connectivity index (χ0) is 12.7. The maximum Gasteiger partial charge on any atom is 0.322 e. The summed E-state index contributed by atoms with van der Waals surface area (Å²) in [5, 5.41) is 0. The maximum absolute atomic E-state index is 11.5. The third kappa shape index (κ3) is 6.02. The first-order valence-corrected chi connectivity index (χ1v) is 5.89. The minimum Gasteiger partial charge on any atom is -0.468 e. The van der Waals surface area contributed by atoms with Crippen LogP contribution in [0.5, 0.6) is 0 Å². The Morgan fingerprint density at radius 2 is 2.00 bits per heavy atom. The van der Waals surface area contributed by atoms with Crippen LogP contribution in [0.4, 0.5) is 0 Å². The smallest absolute Gasteiger partial charge is 0.322 e. The molecular formula is C11H22N2O2S. The molecule has 0 aliphatic rings. The molecule has 0 amide bonds. The molecule has 94 valence electrons. The van der Waals surface area contributed by atoms with Gasteiger partial charge in [-0.05, 0) is 12.8 Å². The topological polar surface area (TPSA) is 55.6 Å². The molecule has 0 rings (SSSR count). The quantitative estimate of drug-likeness (QED) is 0.540. The van der Waals surface area contributed by atoms with E-state index in [0.29, 0.717) is 23.9 Å². The van der Waals surface area contributed by atoms with Crippen molar-refractivity contribution in [2.24, 2.45) is 11.7 Å². The van der Waals surface area contributed by atoms with Crippen molar-refractivity contribution in [3.63, 3.8) is 0 Å². The summed E-state index contributed by atoms with van der Waals surface area (Å²) in [7, 11) is 1.40. The average Bonchev–Trinajstić information content (AvgIpc) is 2.21. The predicted octanol–water partition coefficient (Wildman–Crippen LogP) is 1.18. The molecule has 2 N–H and O–H groups in total. The van der Waals surface area contributed by atoms with E-state index >= 15 is 0 Å². The predicted molar refractivity (Wildman–Crippen MR) is 69.3 cm³/mol. The van der Waals surface area contributed by atoms with Gasteiger partial charge in [-0.3, -0.25) is 9.69 Å². The molecule has 16 heavy (non-hydrogen) atoms. The van der Waals surface area contributed by atoms with Gasteiger partial charge in [-0.25, -0.2) is 0 Å². The van der Waals surface area contributed by atoms with Crippen LogP contribution >= 0.6 is 12.2 Å². The fourth-order valence-corrected chi connectivity index (χ4v) is 1.58. The van der Waals surface area contributed by atoms with Crippen LogP contribution in [0.15, 0.2) is 0 Å². The second-order valence-corrected chi connectivity index (χ2v) is 4.83. The van der Waals surface area contributed by atoms with Crippen LogP contribution in [0, 0.1) is 5.92 Å². The van der Waals surface area contributed by atoms with Crippen LogP contribution in [-0.4, -0.2) is 42.1 Å². The lowest BCUT2D eigenvalue weighted by Gasteiger charge is -2.28. The van der Waals surface area contributed by atoms with Gasteiger partial charge in [0.1, 0.15) is 6.04 Å². The highest BCUT2D eigenvalue weighted by Crippen LogP contribution is 2.07. The van der Waals surface area contributed by atoms with Gasteiger partial charge >= 0.3 is 5.97 Å². The molecule has 4 nitrogen and oxygen atoms in total. The lowest BCUT2D eigenvalue weighted by atomic mass is 10.1. The monoisotopic (exact) mass is 246 g/mol. The van der Waals surface area contributed by atoms with Crippen molar-refractivity contribution >= 4 is 23.2 Å². The van der Waals surface area contributed by atoms with Crippen molar-refractivity contribution in [3.8, 4) is 0 Å². The Hall–Kier alpha value is -0.680. The molecule has 0 aromatic rings. The molecule has 1 unspecified atom stereocenters. The van der Waals surface area contributed by atoms with Gasteiger partial charge in [-0.15, -0.1) is 0 Å². The number of ether oxygens (including phenoxy) is 1. The van der Waals surface area contributed by atoms with E-state index in [1.807, 2.05) is 6.92 Å². The Labute approximate surface area is 103 Å². The molecule has 0 aromatic carbocycles. The van der Waals surface area contributed by atoms with Crippen LogP contribution in [-0.2, 0) is 9.53 Å². The fourth-order valence-electron chi connectivity index (χ4n) is 1.49. The zero-order valence-electron chi connectivity index (χ0n) is 10.5. The molecular weight excluding hydrogens is 224 g/mol. The van der Waals surface area contributed by atoms with Gasteiger partial charge in [0, 0.05) is 19.5 Å². The maximum atomic E-state index is 11.5. The first kappa shape index (κ1) is 15.3. The first-order valence-electron chi connectivity index (χ1n) is 5.48. The molecule has 0 saturated carbocycles. The molecule has 0 saturated heterocycles. The van der Waals surface area contributed by atoms with E-state index in [1.54, 1.807) is 0 Å². The minimum atomic E-state index is -0.248. The second-order valence-electron chi connectivity index (χ2n) is 4.30. The third-order valence-electron chi connectivity index (χ3n) is 2.34. The summed E-state index contributed by atoms with van der Waals surface area (Å²) in [6, 6.07) is -0.248. The summed E-state index contributed by atoms with van der Waals surface area (Å²) < 4.78 is 4.74. The Balaban J connectivity index is 4.39. The summed E-state index contributed by atoms with van der Waals surface area (Å²) in [5.74, 6) is 0.266. The molecule has 0 heterocycles. The highest BCUT2D eigenvalue weighted by molar-refractivity contribution is 7.80. The SMILES string of the molecule is COC(=O)C(C)N(CCC(N)=S)CC(C)C. The van der Waals surface area contributed by atoms with Crippen LogP contribution in [0.3, 0.4) is 0 Å². The molecule has 0 aliphatic carbocycles. The number of hydrogen-bond acceptors (Lipinski definition) is 4. The molecule has 0 bridgehead atoms. The normalized spacial score (nSPS) is 12.9. The van der Waals surface area contributed by atoms with E-state index in [-0.39, 0.29) is 12.0 Å². The summed E-state index contributed by atoms with van der Waals surface area (Å²) in [5.41, 5.74) is 5.47. The van der Waals surface area contributed by atoms with Gasteiger partial charge in [0.15, 0.2) is 0 Å². The Morgan fingerprint density at radius 3 is 2.38 bits per heavy atom. The number of nitrogens with two attached hydrogens (primary N) is 1.